The van der Waals surface area contributed by atoms with Gasteiger partial charge in [-0.15, -0.1) is 0 Å². The number of nitrogen functional groups attached to an aromatic ring is 1. The zero-order chi connectivity index (χ0) is 18.7. The molecule has 0 unspecified atom stereocenters. The SMILES string of the molecule is CN(C)c1ccc(N)cc1.N#CC1=C2C=Cc3ccccc3N2B(F)N1. The second-order valence-corrected chi connectivity index (χ2v) is 6.10. The third-order valence-electron chi connectivity index (χ3n) is 4.14. The van der Waals surface area contributed by atoms with Gasteiger partial charge in [0.05, 0.1) is 5.70 Å². The number of hydrogen-bond acceptors (Lipinski definition) is 5. The summed E-state index contributed by atoms with van der Waals surface area (Å²) in [6, 6.07) is 17.3. The summed E-state index contributed by atoms with van der Waals surface area (Å²) in [6.45, 7) is 0. The van der Waals surface area contributed by atoms with Gasteiger partial charge in [-0.2, -0.15) is 5.26 Å². The molecule has 2 aromatic rings. The maximum absolute atomic E-state index is 13.8. The van der Waals surface area contributed by atoms with Crippen molar-refractivity contribution in [2.24, 2.45) is 0 Å². The van der Waals surface area contributed by atoms with Crippen molar-refractivity contribution >= 4 is 30.4 Å². The lowest BCUT2D eigenvalue weighted by atomic mass is 9.97. The van der Waals surface area contributed by atoms with E-state index in [1.165, 1.54) is 10.5 Å². The van der Waals surface area contributed by atoms with Gasteiger partial charge in [-0.3, -0.25) is 4.32 Å². The fourth-order valence-corrected chi connectivity index (χ4v) is 2.79. The highest BCUT2D eigenvalue weighted by atomic mass is 19.1. The molecular formula is C19H19BFN5. The Bertz CT molecular complexity index is 899. The van der Waals surface area contributed by atoms with Gasteiger partial charge < -0.3 is 20.7 Å². The zero-order valence-electron chi connectivity index (χ0n) is 14.6. The lowest BCUT2D eigenvalue weighted by molar-refractivity contribution is 0.799. The molecule has 0 radical (unpaired) electrons. The van der Waals surface area contributed by atoms with Crippen LogP contribution in [0.25, 0.3) is 6.08 Å². The van der Waals surface area contributed by atoms with E-state index in [0.717, 1.165) is 16.9 Å². The van der Waals surface area contributed by atoms with E-state index in [-0.39, 0.29) is 5.70 Å². The first kappa shape index (κ1) is 17.4. The number of nitrogens with two attached hydrogens (primary N) is 1. The number of fused-ring (bicyclic) bond motifs is 3. The molecule has 2 heterocycles. The number of nitrogens with one attached hydrogen (secondary N) is 1. The maximum Gasteiger partial charge on any atom is 0.590 e. The Morgan fingerprint density at radius 1 is 1.12 bits per heavy atom. The van der Waals surface area contributed by atoms with E-state index < -0.39 is 7.26 Å². The number of halogens is 1. The number of nitrogens with zero attached hydrogens (tertiary/aromatic N) is 3. The third kappa shape index (κ3) is 3.35. The van der Waals surface area contributed by atoms with E-state index in [2.05, 4.69) is 5.23 Å². The first-order valence-electron chi connectivity index (χ1n) is 8.15. The highest BCUT2D eigenvalue weighted by Crippen LogP contribution is 2.35. The average Bonchev–Trinajstić information content (AvgIpc) is 2.99. The van der Waals surface area contributed by atoms with E-state index in [1.807, 2.05) is 79.7 Å². The van der Waals surface area contributed by atoms with Gasteiger partial charge >= 0.3 is 7.26 Å². The van der Waals surface area contributed by atoms with Crippen LogP contribution in [0, 0.1) is 11.3 Å². The normalized spacial score (nSPS) is 13.9. The molecule has 0 aliphatic carbocycles. The van der Waals surface area contributed by atoms with Crippen molar-refractivity contribution < 1.29 is 4.32 Å². The molecule has 0 saturated heterocycles. The molecule has 0 aromatic heterocycles. The van der Waals surface area contributed by atoms with Gasteiger partial charge in [-0.1, -0.05) is 24.3 Å². The van der Waals surface area contributed by atoms with E-state index in [9.17, 15) is 4.32 Å². The van der Waals surface area contributed by atoms with Crippen molar-refractivity contribution in [3.8, 4) is 6.07 Å². The van der Waals surface area contributed by atoms with Gasteiger partial charge in [0.1, 0.15) is 11.8 Å². The molecule has 2 aromatic carbocycles. The van der Waals surface area contributed by atoms with Gasteiger partial charge in [0, 0.05) is 31.2 Å². The second kappa shape index (κ2) is 7.24. The molecule has 7 heteroatoms. The van der Waals surface area contributed by atoms with Crippen molar-refractivity contribution in [1.29, 1.82) is 5.26 Å². The van der Waals surface area contributed by atoms with Gasteiger partial charge in [0.15, 0.2) is 0 Å². The van der Waals surface area contributed by atoms with Gasteiger partial charge in [-0.05, 0) is 42.0 Å². The molecule has 26 heavy (non-hydrogen) atoms. The highest BCUT2D eigenvalue weighted by molar-refractivity contribution is 6.57. The molecule has 2 aliphatic heterocycles. The largest absolute Gasteiger partial charge is 0.590 e. The predicted octanol–water partition coefficient (Wildman–Crippen LogP) is 3.15. The Kier molecular flexibility index (Phi) is 4.85. The molecule has 0 atom stereocenters. The quantitative estimate of drug-likeness (QED) is 0.613. The van der Waals surface area contributed by atoms with E-state index in [4.69, 9.17) is 11.0 Å². The summed E-state index contributed by atoms with van der Waals surface area (Å²) < 4.78 is 13.8. The van der Waals surface area contributed by atoms with Crippen molar-refractivity contribution in [3.05, 3.63) is 71.6 Å². The Morgan fingerprint density at radius 3 is 2.46 bits per heavy atom. The Balaban J connectivity index is 0.000000170. The number of nitriles is 1. The van der Waals surface area contributed by atoms with Crippen LogP contribution in [0.2, 0.25) is 0 Å². The topological polar surface area (TPSA) is 68.3 Å². The summed E-state index contributed by atoms with van der Waals surface area (Å²) in [7, 11) is 2.65. The summed E-state index contributed by atoms with van der Waals surface area (Å²) in [5, 5.41) is 11.4. The lowest BCUT2D eigenvalue weighted by Crippen LogP contribution is -2.39. The molecule has 0 amide bonds. The minimum atomic E-state index is -1.37. The molecule has 0 bridgehead atoms. The van der Waals surface area contributed by atoms with Crippen molar-refractivity contribution in [2.75, 3.05) is 29.5 Å². The van der Waals surface area contributed by atoms with Crippen LogP contribution in [-0.4, -0.2) is 21.4 Å². The maximum atomic E-state index is 13.8. The van der Waals surface area contributed by atoms with Crippen LogP contribution >= 0.6 is 0 Å². The number of benzene rings is 2. The summed E-state index contributed by atoms with van der Waals surface area (Å²) in [4.78, 5) is 3.54. The first-order valence-corrected chi connectivity index (χ1v) is 8.15. The van der Waals surface area contributed by atoms with Crippen molar-refractivity contribution in [1.82, 2.24) is 5.23 Å². The smallest absolute Gasteiger partial charge is 0.399 e. The zero-order valence-corrected chi connectivity index (χ0v) is 14.6. The fourth-order valence-electron chi connectivity index (χ4n) is 2.79. The molecule has 0 fully saturated rings. The van der Waals surface area contributed by atoms with Crippen LogP contribution in [0.15, 0.2) is 66.0 Å². The summed E-state index contributed by atoms with van der Waals surface area (Å²) in [5.74, 6) is 0. The third-order valence-corrected chi connectivity index (χ3v) is 4.14. The van der Waals surface area contributed by atoms with Crippen LogP contribution in [-0.2, 0) is 0 Å². The van der Waals surface area contributed by atoms with Crippen LogP contribution in [0.4, 0.5) is 21.4 Å². The van der Waals surface area contributed by atoms with Crippen LogP contribution in [0.3, 0.4) is 0 Å². The molecule has 3 N–H and O–H groups in total. The number of para-hydroxylation sites is 1. The number of anilines is 3. The Labute approximate surface area is 153 Å². The van der Waals surface area contributed by atoms with Crippen molar-refractivity contribution in [3.63, 3.8) is 0 Å². The fraction of sp³-hybridized carbons (Fsp3) is 0.105. The monoisotopic (exact) mass is 347 g/mol. The van der Waals surface area contributed by atoms with Gasteiger partial charge in [0.2, 0.25) is 0 Å². The molecule has 0 saturated carbocycles. The summed E-state index contributed by atoms with van der Waals surface area (Å²) in [5.41, 5.74) is 10.1. The predicted molar refractivity (Wildman–Crippen MR) is 106 cm³/mol. The van der Waals surface area contributed by atoms with Gasteiger partial charge in [-0.25, -0.2) is 0 Å². The standard InChI is InChI=1S/C11H7BFN3.C8H12N2/c13-12-15-9(7-14)11-6-5-8-3-1-2-4-10(8)16(11)12;1-10(2)8-5-3-7(9)4-6-8/h1-6,15H;3-6H,9H2,1-2H3. The average molecular weight is 347 g/mol. The van der Waals surface area contributed by atoms with Crippen LogP contribution in [0.5, 0.6) is 0 Å². The molecule has 4 rings (SSSR count). The first-order chi connectivity index (χ1) is 12.5. The van der Waals surface area contributed by atoms with Crippen LogP contribution < -0.4 is 20.7 Å². The second-order valence-electron chi connectivity index (χ2n) is 6.10. The number of allylic oxidation sites excluding steroid dienone is 2. The Hall–Kier alpha value is -3.40. The molecule has 130 valence electrons. The minimum Gasteiger partial charge on any atom is -0.399 e. The Morgan fingerprint density at radius 2 is 1.81 bits per heavy atom. The van der Waals surface area contributed by atoms with E-state index in [1.54, 1.807) is 6.08 Å². The molecule has 2 aliphatic rings. The van der Waals surface area contributed by atoms with E-state index >= 15 is 0 Å². The van der Waals surface area contributed by atoms with Crippen LogP contribution in [0.1, 0.15) is 5.56 Å². The lowest BCUT2D eigenvalue weighted by Gasteiger charge is -2.25. The minimum absolute atomic E-state index is 0.276. The molecular weight excluding hydrogens is 328 g/mol. The number of hydrogen-bond donors (Lipinski definition) is 2. The summed E-state index contributed by atoms with van der Waals surface area (Å²) in [6.07, 6.45) is 3.64. The van der Waals surface area contributed by atoms with Crippen molar-refractivity contribution in [2.45, 2.75) is 0 Å². The summed E-state index contributed by atoms with van der Waals surface area (Å²) >= 11 is 0. The van der Waals surface area contributed by atoms with E-state index in [0.29, 0.717) is 5.70 Å². The molecule has 5 nitrogen and oxygen atoms in total. The van der Waals surface area contributed by atoms with Gasteiger partial charge in [0.25, 0.3) is 0 Å². The number of rotatable bonds is 1. The highest BCUT2D eigenvalue weighted by Gasteiger charge is 2.39. The molecule has 0 spiro atoms.